The smallest absolute Gasteiger partial charge is 0.309 e. The molecule has 0 bridgehead atoms. The lowest BCUT2D eigenvalue weighted by Crippen LogP contribution is -2.46. The Kier molecular flexibility index (Phi) is 3.17. The van der Waals surface area contributed by atoms with Gasteiger partial charge in [0.25, 0.3) is 5.95 Å². The van der Waals surface area contributed by atoms with E-state index in [1.54, 1.807) is 7.05 Å². The second-order valence-corrected chi connectivity index (χ2v) is 4.92. The second-order valence-electron chi connectivity index (χ2n) is 4.92. The van der Waals surface area contributed by atoms with Gasteiger partial charge >= 0.3 is 5.65 Å². The number of hydrogen-bond acceptors (Lipinski definition) is 8. The van der Waals surface area contributed by atoms with E-state index in [0.29, 0.717) is 0 Å². The second kappa shape index (κ2) is 4.77. The molecule has 0 saturated carbocycles. The molecular weight excluding hydrogens is 282 g/mol. The number of anilines is 1. The number of aliphatic hydroxyl groups is 3. The molecule has 0 radical (unpaired) electrons. The highest BCUT2D eigenvalue weighted by atomic mass is 16.6. The first-order valence-corrected chi connectivity index (χ1v) is 6.27. The summed E-state index contributed by atoms with van der Waals surface area (Å²) in [6.45, 7) is -0.440. The Hall–Kier alpha value is -2.01. The van der Waals surface area contributed by atoms with Crippen LogP contribution >= 0.6 is 0 Å². The fraction of sp³-hybridized carbons (Fsp3) is 0.545. The van der Waals surface area contributed by atoms with Crippen molar-refractivity contribution in [3.05, 3.63) is 6.33 Å². The number of ether oxygens (including phenoxy) is 1. The molecule has 1 saturated heterocycles. The van der Waals surface area contributed by atoms with Gasteiger partial charge in [-0.05, 0) is 0 Å². The molecule has 0 amide bonds. The van der Waals surface area contributed by atoms with Gasteiger partial charge in [-0.25, -0.2) is 9.55 Å². The van der Waals surface area contributed by atoms with Crippen LogP contribution in [0.25, 0.3) is 11.2 Å². The van der Waals surface area contributed by atoms with Crippen LogP contribution in [0.2, 0.25) is 0 Å². The van der Waals surface area contributed by atoms with Gasteiger partial charge in [-0.2, -0.15) is 0 Å². The van der Waals surface area contributed by atoms with Gasteiger partial charge in [-0.1, -0.05) is 4.98 Å². The normalized spacial score (nSPS) is 29.3. The van der Waals surface area contributed by atoms with E-state index in [-0.39, 0.29) is 17.1 Å². The number of aryl methyl sites for hydroxylation is 1. The van der Waals surface area contributed by atoms with Crippen LogP contribution in [-0.2, 0) is 11.8 Å². The first-order chi connectivity index (χ1) is 9.93. The van der Waals surface area contributed by atoms with E-state index >= 15 is 0 Å². The number of fused-ring (bicyclic) bond motifs is 1. The molecule has 1 aliphatic rings. The predicted octanol–water partition coefficient (Wildman–Crippen LogP) is -3.48. The van der Waals surface area contributed by atoms with E-state index in [2.05, 4.69) is 9.97 Å². The van der Waals surface area contributed by atoms with Gasteiger partial charge in [-0.15, -0.1) is 0 Å². The molecule has 10 nitrogen and oxygen atoms in total. The zero-order chi connectivity index (χ0) is 15.3. The topological polar surface area (TPSA) is 154 Å². The molecule has 0 aromatic carbocycles. The van der Waals surface area contributed by atoms with Crippen LogP contribution in [-0.4, -0.2) is 54.8 Å². The Morgan fingerprint density at radius 1 is 1.43 bits per heavy atom. The van der Waals surface area contributed by atoms with Crippen molar-refractivity contribution < 1.29 is 29.7 Å². The average molecular weight is 297 g/mol. The van der Waals surface area contributed by atoms with Crippen LogP contribution in [0.3, 0.4) is 0 Å². The van der Waals surface area contributed by atoms with E-state index in [4.69, 9.17) is 15.6 Å². The highest BCUT2D eigenvalue weighted by Crippen LogP contribution is 2.27. The van der Waals surface area contributed by atoms with Gasteiger partial charge in [0.05, 0.1) is 13.7 Å². The number of nitrogen functional groups attached to an aromatic ring is 1. The Labute approximate surface area is 118 Å². The molecule has 3 heterocycles. The van der Waals surface area contributed by atoms with Crippen LogP contribution in [0.15, 0.2) is 6.33 Å². The predicted molar refractivity (Wildman–Crippen MR) is 65.6 cm³/mol. The summed E-state index contributed by atoms with van der Waals surface area (Å²) in [5.74, 6) is -0.746. The van der Waals surface area contributed by atoms with Gasteiger partial charge in [0.2, 0.25) is 6.23 Å². The number of imidazole rings is 1. The van der Waals surface area contributed by atoms with Crippen molar-refractivity contribution in [2.75, 3.05) is 12.3 Å². The lowest BCUT2D eigenvalue weighted by molar-refractivity contribution is -0.745. The van der Waals surface area contributed by atoms with E-state index < -0.39 is 37.0 Å². The third kappa shape index (κ3) is 2.00. The maximum atomic E-state index is 11.9. The van der Waals surface area contributed by atoms with Crippen LogP contribution in [0, 0.1) is 0 Å². The number of hydrogen-bond donors (Lipinski definition) is 4. The van der Waals surface area contributed by atoms with Crippen LogP contribution in [0.5, 0.6) is 5.88 Å². The van der Waals surface area contributed by atoms with Crippen molar-refractivity contribution in [3.8, 4) is 5.88 Å². The van der Waals surface area contributed by atoms with Gasteiger partial charge < -0.3 is 30.9 Å². The van der Waals surface area contributed by atoms with Gasteiger partial charge in [-0.3, -0.25) is 4.57 Å². The zero-order valence-electron chi connectivity index (χ0n) is 11.1. The summed E-state index contributed by atoms with van der Waals surface area (Å²) in [5.41, 5.74) is 5.86. The molecule has 1 aliphatic heterocycles. The van der Waals surface area contributed by atoms with Crippen molar-refractivity contribution in [3.63, 3.8) is 0 Å². The first-order valence-electron chi connectivity index (χ1n) is 6.27. The van der Waals surface area contributed by atoms with Crippen molar-refractivity contribution in [1.29, 1.82) is 0 Å². The number of nitrogens with two attached hydrogens (primary N) is 1. The molecule has 1 fully saturated rings. The van der Waals surface area contributed by atoms with Crippen LogP contribution < -0.4 is 15.4 Å². The molecule has 0 aliphatic carbocycles. The number of aromatic nitrogens is 4. The summed E-state index contributed by atoms with van der Waals surface area (Å²) in [4.78, 5) is 7.54. The Bertz CT molecular complexity index is 689. The Balaban J connectivity index is 2.13. The molecule has 2 aromatic heterocycles. The summed E-state index contributed by atoms with van der Waals surface area (Å²) in [6.07, 6.45) is -2.94. The molecule has 4 atom stereocenters. The minimum atomic E-state index is -1.27. The average Bonchev–Trinajstić information content (AvgIpc) is 2.89. The van der Waals surface area contributed by atoms with Crippen molar-refractivity contribution in [1.82, 2.24) is 14.5 Å². The van der Waals surface area contributed by atoms with E-state index in [9.17, 15) is 15.3 Å². The largest absolute Gasteiger partial charge is 0.856 e. The van der Waals surface area contributed by atoms with Gasteiger partial charge in [0, 0.05) is 5.88 Å². The maximum Gasteiger partial charge on any atom is 0.309 e. The van der Waals surface area contributed by atoms with Crippen LogP contribution in [0.4, 0.5) is 5.95 Å². The fourth-order valence-electron chi connectivity index (χ4n) is 2.52. The summed E-state index contributed by atoms with van der Waals surface area (Å²) in [7, 11) is 1.61. The molecule has 2 unspecified atom stereocenters. The molecule has 114 valence electrons. The van der Waals surface area contributed by atoms with E-state index in [1.807, 2.05) is 0 Å². The lowest BCUT2D eigenvalue weighted by atomic mass is 10.1. The molecule has 10 heteroatoms. The summed E-state index contributed by atoms with van der Waals surface area (Å²) in [5, 5.41) is 40.8. The molecule has 0 spiro atoms. The zero-order valence-corrected chi connectivity index (χ0v) is 11.1. The van der Waals surface area contributed by atoms with Gasteiger partial charge in [0.1, 0.15) is 18.3 Å². The van der Waals surface area contributed by atoms with E-state index in [1.165, 1.54) is 15.5 Å². The molecule has 2 aromatic rings. The quantitative estimate of drug-likeness (QED) is 0.417. The van der Waals surface area contributed by atoms with Crippen molar-refractivity contribution >= 4 is 17.1 Å². The third-order valence-corrected chi connectivity index (χ3v) is 3.54. The minimum absolute atomic E-state index is 0.185. The molecular formula is C11H15N5O5. The minimum Gasteiger partial charge on any atom is -0.856 e. The standard InChI is InChI=1S/C11H15N5O5/c1-15-3-16(8-5(15)9(20)14-11(12)13-8)10-7(19)6(18)4(2-17)21-10/h3-4,6-7,10,17-19H,2H2,1H3,(H2-,12,13,14,20)/t4-,6?,7?,10-/m0/s1. The summed E-state index contributed by atoms with van der Waals surface area (Å²) < 4.78 is 8.28. The molecule has 3 rings (SSSR count). The summed E-state index contributed by atoms with van der Waals surface area (Å²) in [6, 6.07) is 0. The monoisotopic (exact) mass is 297 g/mol. The number of aliphatic hydroxyl groups excluding tert-OH is 3. The van der Waals surface area contributed by atoms with Crippen molar-refractivity contribution in [2.45, 2.75) is 24.5 Å². The summed E-state index contributed by atoms with van der Waals surface area (Å²) >= 11 is 0. The Morgan fingerprint density at radius 3 is 2.76 bits per heavy atom. The van der Waals surface area contributed by atoms with Crippen molar-refractivity contribution in [2.24, 2.45) is 7.05 Å². The Morgan fingerprint density at radius 2 is 2.14 bits per heavy atom. The third-order valence-electron chi connectivity index (χ3n) is 3.54. The van der Waals surface area contributed by atoms with Gasteiger partial charge in [0.15, 0.2) is 11.8 Å². The number of rotatable bonds is 2. The molecule has 21 heavy (non-hydrogen) atoms. The maximum absolute atomic E-state index is 11.9. The molecule has 5 N–H and O–H groups in total. The fourth-order valence-corrected chi connectivity index (χ4v) is 2.52. The lowest BCUT2D eigenvalue weighted by Gasteiger charge is -2.12. The van der Waals surface area contributed by atoms with E-state index in [0.717, 1.165) is 0 Å². The van der Waals surface area contributed by atoms with Crippen LogP contribution in [0.1, 0.15) is 6.23 Å². The first kappa shape index (κ1) is 13.9. The highest BCUT2D eigenvalue weighted by Gasteiger charge is 2.46. The SMILES string of the molecule is Cn1c[n+]([C@H]2O[C@@H](CO)C(O)C2O)c2nc(N)nc([O-])c21. The number of nitrogens with zero attached hydrogens (tertiary/aromatic N) is 4. The highest BCUT2D eigenvalue weighted by molar-refractivity contribution is 5.73.